The quantitative estimate of drug-likeness (QED) is 0.480. The van der Waals surface area contributed by atoms with Gasteiger partial charge in [0, 0.05) is 5.54 Å². The van der Waals surface area contributed by atoms with Gasteiger partial charge in [0.1, 0.15) is 0 Å². The second-order valence-electron chi connectivity index (χ2n) is 8.30. The fraction of sp³-hybridized carbons (Fsp3) is 0.474. The first-order chi connectivity index (χ1) is 15.5. The van der Waals surface area contributed by atoms with Crippen LogP contribution >= 0.6 is 0 Å². The molecule has 0 aromatic carbocycles. The molecule has 0 fully saturated rings. The third-order valence-electron chi connectivity index (χ3n) is 4.33. The van der Waals surface area contributed by atoms with Crippen LogP contribution in [0.3, 0.4) is 0 Å². The van der Waals surface area contributed by atoms with Crippen LogP contribution in [0.25, 0.3) is 16.9 Å². The number of hydrogen-bond acceptors (Lipinski definition) is 8. The number of sulfone groups is 1. The van der Waals surface area contributed by atoms with Crippen molar-refractivity contribution in [2.45, 2.75) is 50.4 Å². The van der Waals surface area contributed by atoms with Crippen LogP contribution in [0.15, 0.2) is 29.8 Å². The fourth-order valence-electron chi connectivity index (χ4n) is 2.76. The van der Waals surface area contributed by atoms with Crippen LogP contribution in [0, 0.1) is 0 Å². The van der Waals surface area contributed by atoms with Crippen LogP contribution in [0.1, 0.15) is 27.7 Å². The Morgan fingerprint density at radius 1 is 1.03 bits per heavy atom. The second-order valence-corrected chi connectivity index (χ2v) is 10.5. The Morgan fingerprint density at radius 2 is 1.71 bits per heavy atom. The minimum absolute atomic E-state index is 0.00355. The average molecular weight is 508 g/mol. The topological polar surface area (TPSA) is 111 Å². The van der Waals surface area contributed by atoms with Gasteiger partial charge in [0.2, 0.25) is 5.88 Å². The number of nitrogens with one attached hydrogen (secondary N) is 1. The van der Waals surface area contributed by atoms with Crippen molar-refractivity contribution in [3.8, 4) is 17.1 Å². The molecule has 3 aromatic rings. The Kier molecular flexibility index (Phi) is 6.45. The first kappa shape index (κ1) is 25.5. The number of halogens is 5. The van der Waals surface area contributed by atoms with Crippen LogP contribution in [0.5, 0.6) is 5.88 Å². The molecule has 0 aliphatic rings. The molecule has 0 unspecified atom stereocenters. The van der Waals surface area contributed by atoms with Gasteiger partial charge >= 0.3 is 12.1 Å². The fourth-order valence-corrected chi connectivity index (χ4v) is 3.75. The number of ether oxygens (including phenoxy) is 1. The van der Waals surface area contributed by atoms with Crippen LogP contribution in [-0.2, 0) is 9.84 Å². The highest BCUT2D eigenvalue weighted by Crippen LogP contribution is 2.36. The summed E-state index contributed by atoms with van der Waals surface area (Å²) in [5, 5.41) is 6.99. The summed E-state index contributed by atoms with van der Waals surface area (Å²) in [4.78, 5) is 11.9. The Balaban J connectivity index is 2.01. The second kappa shape index (κ2) is 8.60. The predicted octanol–water partition coefficient (Wildman–Crippen LogP) is 3.77. The van der Waals surface area contributed by atoms with E-state index < -0.39 is 34.4 Å². The molecule has 3 aromatic heterocycles. The summed E-state index contributed by atoms with van der Waals surface area (Å²) in [6.07, 6.45) is -0.986. The molecule has 3 rings (SSSR count). The summed E-state index contributed by atoms with van der Waals surface area (Å²) in [5.74, 6) is -5.97. The van der Waals surface area contributed by atoms with E-state index in [0.29, 0.717) is 5.69 Å². The Bertz CT molecular complexity index is 1280. The molecule has 0 saturated carbocycles. The number of hydrogen-bond donors (Lipinski definition) is 1. The Hall–Kier alpha value is -3.10. The van der Waals surface area contributed by atoms with Crippen LogP contribution in [-0.4, -0.2) is 63.0 Å². The average Bonchev–Trinajstić information content (AvgIpc) is 3.10. The molecule has 186 valence electrons. The van der Waals surface area contributed by atoms with E-state index in [9.17, 15) is 30.4 Å². The lowest BCUT2D eigenvalue weighted by Gasteiger charge is -2.21. The number of alkyl halides is 5. The van der Waals surface area contributed by atoms with E-state index in [4.69, 9.17) is 0 Å². The smallest absolute Gasteiger partial charge is 0.456 e. The monoisotopic (exact) mass is 508 g/mol. The minimum atomic E-state index is -5.78. The van der Waals surface area contributed by atoms with Crippen LogP contribution in [0.2, 0.25) is 0 Å². The van der Waals surface area contributed by atoms with Gasteiger partial charge < -0.3 is 10.1 Å². The molecule has 0 aliphatic heterocycles. The van der Waals surface area contributed by atoms with Gasteiger partial charge in [-0.3, -0.25) is 0 Å². The maximum absolute atomic E-state index is 13.1. The van der Waals surface area contributed by atoms with E-state index in [1.165, 1.54) is 23.8 Å². The molecule has 15 heteroatoms. The van der Waals surface area contributed by atoms with Crippen molar-refractivity contribution in [1.82, 2.24) is 24.6 Å². The number of nitrogens with zero attached hydrogens (tertiary/aromatic N) is 5. The SMILES string of the molecule is CCS(=O)(=O)c1nn2cc(NC(C)(C)C)cnc2c1-c1cnc(OCC(F)(F)C(F)(F)F)cn1. The van der Waals surface area contributed by atoms with Gasteiger partial charge in [-0.1, -0.05) is 6.92 Å². The lowest BCUT2D eigenvalue weighted by Crippen LogP contribution is -2.41. The molecule has 34 heavy (non-hydrogen) atoms. The predicted molar refractivity (Wildman–Crippen MR) is 112 cm³/mol. The standard InChI is InChI=1S/C19H21F5N6O3S/c1-5-34(31,32)16-14(15-27-6-11(9-30(15)29-16)28-17(2,3)4)12-7-26-13(8-25-12)33-10-18(20,21)19(22,23)24/h6-9,28H,5,10H2,1-4H3. The van der Waals surface area contributed by atoms with E-state index in [1.807, 2.05) is 20.8 Å². The maximum Gasteiger partial charge on any atom is 0.456 e. The van der Waals surface area contributed by atoms with Crippen molar-refractivity contribution in [2.75, 3.05) is 17.7 Å². The summed E-state index contributed by atoms with van der Waals surface area (Å²) in [7, 11) is -3.86. The first-order valence-corrected chi connectivity index (χ1v) is 11.5. The van der Waals surface area contributed by atoms with Crippen molar-refractivity contribution >= 4 is 21.2 Å². The van der Waals surface area contributed by atoms with Crippen molar-refractivity contribution in [1.29, 1.82) is 0 Å². The molecule has 0 amide bonds. The number of fused-ring (bicyclic) bond motifs is 1. The molecular formula is C19H21F5N6O3S. The molecule has 0 saturated heterocycles. The maximum atomic E-state index is 13.1. The summed E-state index contributed by atoms with van der Waals surface area (Å²) in [6.45, 7) is 5.20. The zero-order chi connectivity index (χ0) is 25.5. The van der Waals surface area contributed by atoms with Gasteiger partial charge in [-0.2, -0.15) is 27.1 Å². The summed E-state index contributed by atoms with van der Waals surface area (Å²) in [5.41, 5.74) is 0.339. The minimum Gasteiger partial charge on any atom is -0.470 e. The van der Waals surface area contributed by atoms with Gasteiger partial charge in [0.15, 0.2) is 27.1 Å². The van der Waals surface area contributed by atoms with Gasteiger partial charge in [-0.05, 0) is 20.8 Å². The van der Waals surface area contributed by atoms with E-state index >= 15 is 0 Å². The van der Waals surface area contributed by atoms with Crippen molar-refractivity contribution in [3.63, 3.8) is 0 Å². The van der Waals surface area contributed by atoms with Gasteiger partial charge in [0.25, 0.3) is 0 Å². The van der Waals surface area contributed by atoms with E-state index in [2.05, 4.69) is 30.1 Å². The van der Waals surface area contributed by atoms with Gasteiger partial charge in [-0.25, -0.2) is 27.9 Å². The largest absolute Gasteiger partial charge is 0.470 e. The van der Waals surface area contributed by atoms with E-state index in [1.54, 1.807) is 0 Å². The van der Waals surface area contributed by atoms with E-state index in [-0.39, 0.29) is 33.2 Å². The zero-order valence-electron chi connectivity index (χ0n) is 18.5. The molecule has 0 atom stereocenters. The lowest BCUT2D eigenvalue weighted by atomic mass is 10.1. The van der Waals surface area contributed by atoms with E-state index in [0.717, 1.165) is 12.4 Å². The van der Waals surface area contributed by atoms with Crippen molar-refractivity contribution in [2.24, 2.45) is 0 Å². The van der Waals surface area contributed by atoms with Gasteiger partial charge in [0.05, 0.1) is 47.5 Å². The normalized spacial score (nSPS) is 13.3. The first-order valence-electron chi connectivity index (χ1n) is 9.83. The van der Waals surface area contributed by atoms with Gasteiger partial charge in [-0.15, -0.1) is 0 Å². The lowest BCUT2D eigenvalue weighted by molar-refractivity contribution is -0.290. The number of aromatic nitrogens is 5. The molecule has 0 bridgehead atoms. The van der Waals surface area contributed by atoms with Crippen molar-refractivity contribution < 1.29 is 35.1 Å². The molecule has 9 nitrogen and oxygen atoms in total. The summed E-state index contributed by atoms with van der Waals surface area (Å²) < 4.78 is 94.0. The Labute approximate surface area is 191 Å². The molecule has 0 aliphatic carbocycles. The highest BCUT2D eigenvalue weighted by Gasteiger charge is 2.58. The molecule has 3 heterocycles. The number of rotatable bonds is 7. The highest BCUT2D eigenvalue weighted by molar-refractivity contribution is 7.91. The van der Waals surface area contributed by atoms with Crippen LogP contribution < -0.4 is 10.1 Å². The molecule has 0 spiro atoms. The van der Waals surface area contributed by atoms with Crippen LogP contribution in [0.4, 0.5) is 27.6 Å². The molecule has 1 N–H and O–H groups in total. The zero-order valence-corrected chi connectivity index (χ0v) is 19.3. The summed E-state index contributed by atoms with van der Waals surface area (Å²) >= 11 is 0. The molecule has 0 radical (unpaired) electrons. The summed E-state index contributed by atoms with van der Waals surface area (Å²) in [6, 6.07) is 0. The van der Waals surface area contributed by atoms with Crippen molar-refractivity contribution in [3.05, 3.63) is 24.8 Å². The number of anilines is 1. The highest BCUT2D eigenvalue weighted by atomic mass is 32.2. The third-order valence-corrected chi connectivity index (χ3v) is 5.97. The Morgan fingerprint density at radius 3 is 2.24 bits per heavy atom. The molecular weight excluding hydrogens is 487 g/mol. The third kappa shape index (κ3) is 5.34.